The molecule has 2 atom stereocenters. The van der Waals surface area contributed by atoms with Crippen molar-refractivity contribution in [3.05, 3.63) is 29.8 Å². The molecule has 2 rings (SSSR count). The predicted molar refractivity (Wildman–Crippen MR) is 77.5 cm³/mol. The zero-order valence-electron chi connectivity index (χ0n) is 12.0. The van der Waals surface area contributed by atoms with E-state index in [4.69, 9.17) is 9.29 Å². The van der Waals surface area contributed by atoms with Gasteiger partial charge in [0.25, 0.3) is 10.1 Å². The van der Waals surface area contributed by atoms with E-state index in [0.29, 0.717) is 0 Å². The van der Waals surface area contributed by atoms with Gasteiger partial charge in [0.05, 0.1) is 4.90 Å². The van der Waals surface area contributed by atoms with Crippen LogP contribution in [0.25, 0.3) is 0 Å². The lowest BCUT2D eigenvalue weighted by molar-refractivity contribution is -0.150. The van der Waals surface area contributed by atoms with E-state index in [2.05, 4.69) is 0 Å². The van der Waals surface area contributed by atoms with Gasteiger partial charge < -0.3 is 4.74 Å². The first kappa shape index (κ1) is 16.0. The van der Waals surface area contributed by atoms with Gasteiger partial charge in [0.2, 0.25) is 0 Å². The minimum absolute atomic E-state index is 0.0579. The molecule has 0 spiro atoms. The Morgan fingerprint density at radius 2 is 1.86 bits per heavy atom. The Labute approximate surface area is 125 Å². The van der Waals surface area contributed by atoms with Crippen molar-refractivity contribution in [3.8, 4) is 0 Å². The van der Waals surface area contributed by atoms with Crippen molar-refractivity contribution in [2.24, 2.45) is 5.92 Å². The summed E-state index contributed by atoms with van der Waals surface area (Å²) in [5.74, 6) is 0.00727. The van der Waals surface area contributed by atoms with Crippen LogP contribution >= 0.6 is 0 Å². The third kappa shape index (κ3) is 4.54. The van der Waals surface area contributed by atoms with Crippen molar-refractivity contribution >= 4 is 16.1 Å². The first-order valence-electron chi connectivity index (χ1n) is 7.10. The highest BCUT2D eigenvalue weighted by Crippen LogP contribution is 2.30. The van der Waals surface area contributed by atoms with Gasteiger partial charge in [-0.25, -0.2) is 0 Å². The lowest BCUT2D eigenvalue weighted by atomic mass is 9.82. The molecule has 0 amide bonds. The molecule has 1 aromatic carbocycles. The largest absolute Gasteiger partial charge is 0.462 e. The Kier molecular flexibility index (Phi) is 5.00. The number of rotatable bonds is 4. The number of benzene rings is 1. The average molecular weight is 312 g/mol. The van der Waals surface area contributed by atoms with Gasteiger partial charge in [-0.15, -0.1) is 0 Å². The maximum atomic E-state index is 11.1. The number of ether oxygens (including phenoxy) is 1. The van der Waals surface area contributed by atoms with Gasteiger partial charge in [-0.3, -0.25) is 9.35 Å². The second kappa shape index (κ2) is 6.58. The van der Waals surface area contributed by atoms with Crippen LogP contribution in [0.3, 0.4) is 0 Å². The van der Waals surface area contributed by atoms with Crippen LogP contribution in [0.4, 0.5) is 0 Å². The highest BCUT2D eigenvalue weighted by Gasteiger charge is 2.27. The number of carbonyl (C=O) groups is 1. The summed E-state index contributed by atoms with van der Waals surface area (Å²) in [5.41, 5.74) is 0.978. The van der Waals surface area contributed by atoms with Gasteiger partial charge in [-0.2, -0.15) is 8.42 Å². The van der Waals surface area contributed by atoms with E-state index in [-0.39, 0.29) is 22.9 Å². The monoisotopic (exact) mass is 312 g/mol. The molecule has 0 radical (unpaired) electrons. The molecule has 1 aromatic rings. The molecule has 1 aliphatic carbocycles. The predicted octanol–water partition coefficient (Wildman–Crippen LogP) is 2.60. The molecule has 0 unspecified atom stereocenters. The minimum Gasteiger partial charge on any atom is -0.462 e. The molecule has 0 bridgehead atoms. The smallest absolute Gasteiger partial charge is 0.302 e. The molecule has 1 N–H and O–H groups in total. The van der Waals surface area contributed by atoms with Crippen molar-refractivity contribution in [1.82, 2.24) is 0 Å². The second-order valence-electron chi connectivity index (χ2n) is 5.52. The zero-order valence-corrected chi connectivity index (χ0v) is 12.8. The summed E-state index contributed by atoms with van der Waals surface area (Å²) in [6.45, 7) is 1.42. The molecule has 5 nitrogen and oxygen atoms in total. The van der Waals surface area contributed by atoms with Crippen molar-refractivity contribution < 1.29 is 22.5 Å². The SMILES string of the molecule is CC(=O)O[C@@H]1CCCC[C@H]1Cc1ccc(S(=O)(=O)O)cc1. The van der Waals surface area contributed by atoms with E-state index in [1.165, 1.54) is 19.1 Å². The standard InChI is InChI=1S/C15H20O5S/c1-11(16)20-15-5-3-2-4-13(15)10-12-6-8-14(9-7-12)21(17,18)19/h6-9,13,15H,2-5,10H2,1H3,(H,17,18,19)/t13-,15+/m0/s1. The average Bonchev–Trinajstić information content (AvgIpc) is 2.40. The second-order valence-corrected chi connectivity index (χ2v) is 6.94. The summed E-state index contributed by atoms with van der Waals surface area (Å²) in [4.78, 5) is 11.0. The van der Waals surface area contributed by atoms with Gasteiger partial charge in [0.1, 0.15) is 6.10 Å². The van der Waals surface area contributed by atoms with Crippen molar-refractivity contribution in [2.45, 2.75) is 50.0 Å². The fraction of sp³-hybridized carbons (Fsp3) is 0.533. The summed E-state index contributed by atoms with van der Waals surface area (Å²) in [7, 11) is -4.15. The van der Waals surface area contributed by atoms with Crippen LogP contribution < -0.4 is 0 Å². The Hall–Kier alpha value is -1.40. The van der Waals surface area contributed by atoms with Crippen LogP contribution in [-0.2, 0) is 26.1 Å². The number of hydrogen-bond donors (Lipinski definition) is 1. The molecule has 1 saturated carbocycles. The van der Waals surface area contributed by atoms with Gasteiger partial charge in [0, 0.05) is 6.92 Å². The molecule has 1 aliphatic rings. The lowest BCUT2D eigenvalue weighted by Crippen LogP contribution is -2.30. The number of esters is 1. The van der Waals surface area contributed by atoms with Crippen molar-refractivity contribution in [3.63, 3.8) is 0 Å². The molecule has 6 heteroatoms. The molecular weight excluding hydrogens is 292 g/mol. The van der Waals surface area contributed by atoms with Crippen molar-refractivity contribution in [1.29, 1.82) is 0 Å². The molecule has 0 heterocycles. The van der Waals surface area contributed by atoms with E-state index >= 15 is 0 Å². The van der Waals surface area contributed by atoms with Crippen LogP contribution in [0.5, 0.6) is 0 Å². The molecule has 21 heavy (non-hydrogen) atoms. The maximum absolute atomic E-state index is 11.1. The fourth-order valence-corrected chi connectivity index (χ4v) is 3.36. The van der Waals surface area contributed by atoms with Gasteiger partial charge in [-0.05, 0) is 49.3 Å². The molecule has 1 fully saturated rings. The lowest BCUT2D eigenvalue weighted by Gasteiger charge is -2.31. The quantitative estimate of drug-likeness (QED) is 0.682. The van der Waals surface area contributed by atoms with Crippen LogP contribution in [0.15, 0.2) is 29.2 Å². The van der Waals surface area contributed by atoms with Crippen LogP contribution in [-0.4, -0.2) is 25.0 Å². The Bertz CT molecular complexity index is 591. The highest BCUT2D eigenvalue weighted by atomic mass is 32.2. The van der Waals surface area contributed by atoms with Gasteiger partial charge in [0.15, 0.2) is 0 Å². The molecule has 0 saturated heterocycles. The molecule has 0 aliphatic heterocycles. The highest BCUT2D eigenvalue weighted by molar-refractivity contribution is 7.85. The Morgan fingerprint density at radius 3 is 2.43 bits per heavy atom. The van der Waals surface area contributed by atoms with Gasteiger partial charge >= 0.3 is 5.97 Å². The summed E-state index contributed by atoms with van der Waals surface area (Å²) in [6, 6.07) is 6.19. The van der Waals surface area contributed by atoms with E-state index in [1.54, 1.807) is 12.1 Å². The minimum atomic E-state index is -4.15. The number of hydrogen-bond acceptors (Lipinski definition) is 4. The summed E-state index contributed by atoms with van der Waals surface area (Å²) in [5, 5.41) is 0. The van der Waals surface area contributed by atoms with Crippen LogP contribution in [0.2, 0.25) is 0 Å². The Morgan fingerprint density at radius 1 is 1.24 bits per heavy atom. The fourth-order valence-electron chi connectivity index (χ4n) is 2.88. The van der Waals surface area contributed by atoms with E-state index in [1.807, 2.05) is 0 Å². The van der Waals surface area contributed by atoms with Gasteiger partial charge in [-0.1, -0.05) is 18.6 Å². The van der Waals surface area contributed by atoms with E-state index in [9.17, 15) is 13.2 Å². The van der Waals surface area contributed by atoms with Crippen molar-refractivity contribution in [2.75, 3.05) is 0 Å². The third-order valence-electron chi connectivity index (χ3n) is 3.88. The third-order valence-corrected chi connectivity index (χ3v) is 4.74. The topological polar surface area (TPSA) is 80.7 Å². The Balaban J connectivity index is 2.07. The summed E-state index contributed by atoms with van der Waals surface area (Å²) < 4.78 is 36.3. The molecular formula is C15H20O5S. The number of carbonyl (C=O) groups excluding carboxylic acids is 1. The van der Waals surface area contributed by atoms with Crippen LogP contribution in [0.1, 0.15) is 38.2 Å². The first-order valence-corrected chi connectivity index (χ1v) is 8.54. The summed E-state index contributed by atoms with van der Waals surface area (Å²) >= 11 is 0. The normalized spacial score (nSPS) is 22.8. The van der Waals surface area contributed by atoms with Crippen LogP contribution in [0, 0.1) is 5.92 Å². The van der Waals surface area contributed by atoms with E-state index in [0.717, 1.165) is 37.7 Å². The van der Waals surface area contributed by atoms with E-state index < -0.39 is 10.1 Å². The first-order chi connectivity index (χ1) is 9.86. The molecule has 116 valence electrons. The molecule has 0 aromatic heterocycles. The zero-order chi connectivity index (χ0) is 15.5. The maximum Gasteiger partial charge on any atom is 0.302 e. The summed E-state index contributed by atoms with van der Waals surface area (Å²) in [6.07, 6.45) is 4.74.